The van der Waals surface area contributed by atoms with Crippen molar-refractivity contribution in [2.45, 2.75) is 32.2 Å². The van der Waals surface area contributed by atoms with Gasteiger partial charge in [0.1, 0.15) is 0 Å². The molecular weight excluding hydrogens is 250 g/mol. The minimum Gasteiger partial charge on any atom is -0.481 e. The van der Waals surface area contributed by atoms with Crippen molar-refractivity contribution in [1.82, 2.24) is 9.80 Å². The smallest absolute Gasteiger partial charge is 0.320 e. The van der Waals surface area contributed by atoms with Crippen molar-refractivity contribution in [1.29, 1.82) is 0 Å². The molecule has 19 heavy (non-hydrogen) atoms. The Morgan fingerprint density at radius 2 is 2.00 bits per heavy atom. The molecule has 0 aliphatic carbocycles. The molecule has 0 aromatic rings. The molecule has 1 saturated heterocycles. The summed E-state index contributed by atoms with van der Waals surface area (Å²) in [6, 6.07) is -0.213. The van der Waals surface area contributed by atoms with Crippen LogP contribution in [0.1, 0.15) is 26.2 Å². The van der Waals surface area contributed by atoms with E-state index in [2.05, 4.69) is 0 Å². The van der Waals surface area contributed by atoms with Gasteiger partial charge >= 0.3 is 12.0 Å². The SMILES string of the molecule is CC1CCC(C(N)=O)CN1C(=O)N(C)CCC(=O)O. The molecule has 108 valence electrons. The second-order valence-corrected chi connectivity index (χ2v) is 5.03. The standard InChI is InChI=1S/C12H21N3O4/c1-8-3-4-9(11(13)18)7-15(8)12(19)14(2)6-5-10(16)17/h8-9H,3-7H2,1-2H3,(H2,13,18)(H,16,17). The topological polar surface area (TPSA) is 104 Å². The first-order valence-corrected chi connectivity index (χ1v) is 6.35. The second kappa shape index (κ2) is 6.40. The highest BCUT2D eigenvalue weighted by atomic mass is 16.4. The Hall–Kier alpha value is -1.79. The number of rotatable bonds is 4. The summed E-state index contributed by atoms with van der Waals surface area (Å²) in [5.41, 5.74) is 5.28. The maximum Gasteiger partial charge on any atom is 0.320 e. The van der Waals surface area contributed by atoms with Crippen LogP contribution in [-0.4, -0.2) is 59.0 Å². The molecule has 0 aromatic carbocycles. The van der Waals surface area contributed by atoms with Gasteiger partial charge in [-0.1, -0.05) is 0 Å². The molecule has 0 saturated carbocycles. The number of nitrogens with two attached hydrogens (primary N) is 1. The Kier molecular flexibility index (Phi) is 5.14. The molecule has 1 aliphatic heterocycles. The third kappa shape index (κ3) is 4.11. The summed E-state index contributed by atoms with van der Waals surface area (Å²) in [4.78, 5) is 36.9. The number of primary amides is 1. The van der Waals surface area contributed by atoms with Crippen LogP contribution in [0.2, 0.25) is 0 Å². The third-order valence-electron chi connectivity index (χ3n) is 3.52. The Balaban J connectivity index is 2.62. The molecule has 7 heteroatoms. The van der Waals surface area contributed by atoms with E-state index < -0.39 is 11.9 Å². The van der Waals surface area contributed by atoms with Gasteiger partial charge in [-0.15, -0.1) is 0 Å². The molecule has 1 aliphatic rings. The molecule has 0 spiro atoms. The van der Waals surface area contributed by atoms with Crippen molar-refractivity contribution < 1.29 is 19.5 Å². The number of likely N-dealkylation sites (tertiary alicyclic amines) is 1. The summed E-state index contributed by atoms with van der Waals surface area (Å²) >= 11 is 0. The Bertz CT molecular complexity index is 372. The van der Waals surface area contributed by atoms with Gasteiger partial charge in [-0.3, -0.25) is 9.59 Å². The van der Waals surface area contributed by atoms with Crippen LogP contribution < -0.4 is 5.73 Å². The van der Waals surface area contributed by atoms with Crippen LogP contribution in [0, 0.1) is 5.92 Å². The first kappa shape index (κ1) is 15.3. The predicted octanol–water partition coefficient (Wildman–Crippen LogP) is 0.0987. The van der Waals surface area contributed by atoms with Gasteiger partial charge in [0.15, 0.2) is 0 Å². The summed E-state index contributed by atoms with van der Waals surface area (Å²) in [6.45, 7) is 2.38. The van der Waals surface area contributed by atoms with Crippen LogP contribution in [0.3, 0.4) is 0 Å². The third-order valence-corrected chi connectivity index (χ3v) is 3.52. The summed E-state index contributed by atoms with van der Waals surface area (Å²) in [6.07, 6.45) is 1.33. The first-order chi connectivity index (χ1) is 8.82. The van der Waals surface area contributed by atoms with Crippen molar-refractivity contribution in [3.63, 3.8) is 0 Å². The molecule has 1 fully saturated rings. The lowest BCUT2D eigenvalue weighted by molar-refractivity contribution is -0.137. The van der Waals surface area contributed by atoms with Gasteiger partial charge in [0, 0.05) is 26.2 Å². The number of carbonyl (C=O) groups excluding carboxylic acids is 2. The Morgan fingerprint density at radius 3 is 2.53 bits per heavy atom. The predicted molar refractivity (Wildman–Crippen MR) is 68.4 cm³/mol. The zero-order valence-corrected chi connectivity index (χ0v) is 11.3. The van der Waals surface area contributed by atoms with Crippen molar-refractivity contribution >= 4 is 17.9 Å². The summed E-state index contributed by atoms with van der Waals surface area (Å²) in [5, 5.41) is 8.61. The molecule has 2 atom stereocenters. The van der Waals surface area contributed by atoms with E-state index in [0.717, 1.165) is 6.42 Å². The number of hydrogen-bond acceptors (Lipinski definition) is 3. The van der Waals surface area contributed by atoms with Crippen LogP contribution in [0.5, 0.6) is 0 Å². The van der Waals surface area contributed by atoms with Crippen LogP contribution >= 0.6 is 0 Å². The van der Waals surface area contributed by atoms with E-state index in [-0.39, 0.29) is 31.0 Å². The Morgan fingerprint density at radius 1 is 1.37 bits per heavy atom. The fourth-order valence-electron chi connectivity index (χ4n) is 2.18. The van der Waals surface area contributed by atoms with Gasteiger partial charge < -0.3 is 20.6 Å². The highest BCUT2D eigenvalue weighted by Crippen LogP contribution is 2.22. The number of carboxylic acids is 1. The van der Waals surface area contributed by atoms with E-state index >= 15 is 0 Å². The molecule has 3 N–H and O–H groups in total. The fraction of sp³-hybridized carbons (Fsp3) is 0.750. The van der Waals surface area contributed by atoms with E-state index in [1.54, 1.807) is 11.9 Å². The fourth-order valence-corrected chi connectivity index (χ4v) is 2.18. The van der Waals surface area contributed by atoms with Crippen LogP contribution in [-0.2, 0) is 9.59 Å². The largest absolute Gasteiger partial charge is 0.481 e. The number of hydrogen-bond donors (Lipinski definition) is 2. The van der Waals surface area contributed by atoms with Gasteiger partial charge in [-0.25, -0.2) is 4.79 Å². The first-order valence-electron chi connectivity index (χ1n) is 6.35. The quantitative estimate of drug-likeness (QED) is 0.756. The zero-order valence-electron chi connectivity index (χ0n) is 11.3. The molecular formula is C12H21N3O4. The number of carboxylic acid groups (broad SMARTS) is 1. The average molecular weight is 271 g/mol. The van der Waals surface area contributed by atoms with Crippen LogP contribution in [0.25, 0.3) is 0 Å². The zero-order chi connectivity index (χ0) is 14.6. The van der Waals surface area contributed by atoms with E-state index in [9.17, 15) is 14.4 Å². The number of carbonyl (C=O) groups is 3. The van der Waals surface area contributed by atoms with E-state index in [0.29, 0.717) is 13.0 Å². The summed E-state index contributed by atoms with van der Waals surface area (Å²) in [5.74, 6) is -1.65. The maximum absolute atomic E-state index is 12.2. The van der Waals surface area contributed by atoms with Gasteiger partial charge in [-0.05, 0) is 19.8 Å². The number of aliphatic carboxylic acids is 1. The minimum atomic E-state index is -0.943. The number of nitrogens with zero attached hydrogens (tertiary/aromatic N) is 2. The van der Waals surface area contributed by atoms with Gasteiger partial charge in [0.2, 0.25) is 5.91 Å². The van der Waals surface area contributed by atoms with Gasteiger partial charge in [-0.2, -0.15) is 0 Å². The monoisotopic (exact) mass is 271 g/mol. The molecule has 0 bridgehead atoms. The second-order valence-electron chi connectivity index (χ2n) is 5.03. The average Bonchev–Trinajstić information content (AvgIpc) is 2.35. The molecule has 7 nitrogen and oxygen atoms in total. The minimum absolute atomic E-state index is 0.0374. The number of urea groups is 1. The number of piperidine rings is 1. The highest BCUT2D eigenvalue weighted by Gasteiger charge is 2.32. The van der Waals surface area contributed by atoms with Crippen molar-refractivity contribution in [3.8, 4) is 0 Å². The summed E-state index contributed by atoms with van der Waals surface area (Å²) < 4.78 is 0. The van der Waals surface area contributed by atoms with Crippen molar-refractivity contribution in [2.24, 2.45) is 11.7 Å². The van der Waals surface area contributed by atoms with Crippen molar-refractivity contribution in [2.75, 3.05) is 20.1 Å². The van der Waals surface area contributed by atoms with E-state index in [1.807, 2.05) is 6.92 Å². The van der Waals surface area contributed by atoms with Gasteiger partial charge in [0.05, 0.1) is 12.3 Å². The van der Waals surface area contributed by atoms with Crippen molar-refractivity contribution in [3.05, 3.63) is 0 Å². The molecule has 2 unspecified atom stereocenters. The lowest BCUT2D eigenvalue weighted by Gasteiger charge is -2.38. The molecule has 0 radical (unpaired) electrons. The Labute approximate surface area is 112 Å². The highest BCUT2D eigenvalue weighted by molar-refractivity contribution is 5.80. The van der Waals surface area contributed by atoms with E-state index in [1.165, 1.54) is 4.90 Å². The number of amides is 3. The van der Waals surface area contributed by atoms with E-state index in [4.69, 9.17) is 10.8 Å². The molecule has 0 aromatic heterocycles. The lowest BCUT2D eigenvalue weighted by atomic mass is 9.93. The van der Waals surface area contributed by atoms with Crippen LogP contribution in [0.15, 0.2) is 0 Å². The normalized spacial score (nSPS) is 22.9. The maximum atomic E-state index is 12.2. The molecule has 1 heterocycles. The lowest BCUT2D eigenvalue weighted by Crippen LogP contribution is -2.52. The van der Waals surface area contributed by atoms with Crippen LogP contribution in [0.4, 0.5) is 4.79 Å². The van der Waals surface area contributed by atoms with Gasteiger partial charge in [0.25, 0.3) is 0 Å². The summed E-state index contributed by atoms with van der Waals surface area (Å²) in [7, 11) is 1.56. The molecule has 1 rings (SSSR count). The molecule has 3 amide bonds.